The van der Waals surface area contributed by atoms with E-state index in [0.29, 0.717) is 19.3 Å². The average molecular weight is 1040 g/mol. The predicted octanol–water partition coefficient (Wildman–Crippen LogP) is 6.08. The van der Waals surface area contributed by atoms with Crippen LogP contribution in [0.3, 0.4) is 0 Å². The number of hydrogen-bond donors (Lipinski definition) is 10. The lowest BCUT2D eigenvalue weighted by Crippen LogP contribution is -2.64. The zero-order chi connectivity index (χ0) is 52.2. The summed E-state index contributed by atoms with van der Waals surface area (Å²) in [5.41, 5.74) is 0. The number of esters is 2. The van der Waals surface area contributed by atoms with E-state index in [-0.39, 0.29) is 25.7 Å². The molecule has 0 aromatic heterocycles. The number of allylic oxidation sites excluding steroid dienone is 13. The van der Waals surface area contributed by atoms with E-state index in [1.807, 2.05) is 19.1 Å². The smallest absolute Gasteiger partial charge is 0.462 e. The SMILES string of the molecule is CC/C=C\C[C@@H](O)/C=C/C=C/C=C\C=C/[C@H](O)[C@@H](O)CCCC(=O)OC[C@H](COP(=O)(O)O[C@H]1C(O)C(O)C(O)[C@@H](OP(=O)(O)O)C1O)OC(=O)CCCCCC/C=C\C/C=C\C/C=C\CCCCC. The van der Waals surface area contributed by atoms with Crippen molar-refractivity contribution in [3.05, 3.63) is 97.2 Å². The lowest BCUT2D eigenvalue weighted by atomic mass is 9.85. The first-order valence-corrected chi connectivity index (χ1v) is 27.1. The van der Waals surface area contributed by atoms with Crippen LogP contribution >= 0.6 is 15.6 Å². The highest BCUT2D eigenvalue weighted by atomic mass is 31.2. The summed E-state index contributed by atoms with van der Waals surface area (Å²) >= 11 is 0. The molecule has 10 N–H and O–H groups in total. The highest BCUT2D eigenvalue weighted by Gasteiger charge is 2.54. The number of carbonyl (C=O) groups excluding carboxylic acids is 2. The molecule has 1 aliphatic carbocycles. The Hall–Kier alpha value is -3.20. The summed E-state index contributed by atoms with van der Waals surface area (Å²) in [6, 6.07) is 0. The van der Waals surface area contributed by atoms with E-state index in [1.165, 1.54) is 31.4 Å². The third kappa shape index (κ3) is 32.0. The summed E-state index contributed by atoms with van der Waals surface area (Å²) in [7, 11) is -10.8. The molecule has 1 saturated carbocycles. The van der Waals surface area contributed by atoms with Crippen molar-refractivity contribution in [1.82, 2.24) is 0 Å². The van der Waals surface area contributed by atoms with Gasteiger partial charge in [0.1, 0.15) is 43.2 Å². The number of hydrogen-bond acceptors (Lipinski definition) is 16. The van der Waals surface area contributed by atoms with Crippen LogP contribution in [0.15, 0.2) is 97.2 Å². The van der Waals surface area contributed by atoms with E-state index in [2.05, 4.69) is 47.9 Å². The Morgan fingerprint density at radius 1 is 0.586 bits per heavy atom. The number of aliphatic hydroxyl groups is 7. The van der Waals surface area contributed by atoms with Crippen molar-refractivity contribution >= 4 is 27.6 Å². The monoisotopic (exact) mass is 1030 g/mol. The molecule has 11 atom stereocenters. The van der Waals surface area contributed by atoms with Gasteiger partial charge in [-0.3, -0.25) is 23.2 Å². The zero-order valence-electron chi connectivity index (χ0n) is 40.5. The van der Waals surface area contributed by atoms with Crippen molar-refractivity contribution in [3.8, 4) is 0 Å². The standard InChI is InChI=1S/C49H80O19P2/c1-3-5-7-8-9-10-11-12-13-14-15-16-17-18-19-24-28-34-43(54)66-39(37-65-70(62,63)68-49-46(57)44(55)45(56)48(47(49)58)67-69(59,60)61)36-64-42(53)35-29-33-41(52)40(51)32-27-23-21-20-22-26-31-38(50)30-25-6-4-2/h6,9-10,12-13,15-16,20-23,25-27,31-32,38-41,44-52,55-58H,3-5,7-8,11,14,17-19,24,28-30,33-37H2,1-2H3,(H,62,63)(H2,59,60,61)/b10-9-,13-12-,16-15-,22-20+,23-21-,25-6-,31-26+,32-27-/t38-,39-,40+,41+,44?,45?,46?,47?,48-,49+/m1/s1. The summed E-state index contributed by atoms with van der Waals surface area (Å²) in [4.78, 5) is 54.4. The Morgan fingerprint density at radius 2 is 1.14 bits per heavy atom. The first-order chi connectivity index (χ1) is 33.3. The molecule has 19 nitrogen and oxygen atoms in total. The molecule has 0 aromatic carbocycles. The van der Waals surface area contributed by atoms with Crippen molar-refractivity contribution in [1.29, 1.82) is 0 Å². The molecule has 0 spiro atoms. The Bertz CT molecular complexity index is 1770. The molecule has 1 fully saturated rings. The van der Waals surface area contributed by atoms with E-state index in [0.717, 1.165) is 44.9 Å². The van der Waals surface area contributed by atoms with Crippen molar-refractivity contribution in [2.75, 3.05) is 13.2 Å². The third-order valence-corrected chi connectivity index (χ3v) is 12.0. The lowest BCUT2D eigenvalue weighted by Gasteiger charge is -2.43. The van der Waals surface area contributed by atoms with Crippen LogP contribution in [0, 0.1) is 0 Å². The molecule has 0 aliphatic heterocycles. The number of phosphoric acid groups is 2. The maximum Gasteiger partial charge on any atom is 0.472 e. The maximum absolute atomic E-state index is 13.0. The molecule has 0 heterocycles. The number of unbranched alkanes of at least 4 members (excludes halogenated alkanes) is 7. The Morgan fingerprint density at radius 3 is 1.76 bits per heavy atom. The highest BCUT2D eigenvalue weighted by molar-refractivity contribution is 7.47. The zero-order valence-corrected chi connectivity index (χ0v) is 42.3. The van der Waals surface area contributed by atoms with Gasteiger partial charge in [0.2, 0.25) is 0 Å². The average Bonchev–Trinajstić information content (AvgIpc) is 3.31. The van der Waals surface area contributed by atoms with Gasteiger partial charge in [-0.05, 0) is 70.6 Å². The van der Waals surface area contributed by atoms with Gasteiger partial charge in [-0.1, -0.05) is 137 Å². The van der Waals surface area contributed by atoms with Crippen molar-refractivity contribution < 1.29 is 92.2 Å². The Balaban J connectivity index is 2.75. The van der Waals surface area contributed by atoms with Crippen LogP contribution in [0.25, 0.3) is 0 Å². The minimum Gasteiger partial charge on any atom is -0.462 e. The molecule has 1 aliphatic rings. The summed E-state index contributed by atoms with van der Waals surface area (Å²) < 4.78 is 49.1. The molecule has 0 radical (unpaired) electrons. The van der Waals surface area contributed by atoms with Crippen molar-refractivity contribution in [2.45, 2.75) is 184 Å². The van der Waals surface area contributed by atoms with E-state index in [4.69, 9.17) is 18.5 Å². The molecule has 70 heavy (non-hydrogen) atoms. The Kier molecular flexibility index (Phi) is 35.6. The molecule has 0 aromatic rings. The third-order valence-electron chi connectivity index (χ3n) is 10.5. The van der Waals surface area contributed by atoms with Crippen molar-refractivity contribution in [2.24, 2.45) is 0 Å². The topological polar surface area (TPSA) is 317 Å². The van der Waals surface area contributed by atoms with Gasteiger partial charge >= 0.3 is 27.6 Å². The van der Waals surface area contributed by atoms with Crippen LogP contribution in [0.1, 0.15) is 123 Å². The molecule has 5 unspecified atom stereocenters. The van der Waals surface area contributed by atoms with Crippen LogP contribution in [0.4, 0.5) is 0 Å². The molecular formula is C49H80O19P2. The van der Waals surface area contributed by atoms with Crippen LogP contribution in [0.5, 0.6) is 0 Å². The summed E-state index contributed by atoms with van der Waals surface area (Å²) in [6.07, 6.45) is 22.8. The van der Waals surface area contributed by atoms with Crippen LogP contribution < -0.4 is 0 Å². The van der Waals surface area contributed by atoms with Gasteiger partial charge in [0.05, 0.1) is 24.9 Å². The fourth-order valence-corrected chi connectivity index (χ4v) is 8.15. The molecule has 0 amide bonds. The number of carbonyl (C=O) groups is 2. The van der Waals surface area contributed by atoms with Gasteiger partial charge in [-0.15, -0.1) is 0 Å². The fraction of sp³-hybridized carbons (Fsp3) is 0.633. The normalized spacial score (nSPS) is 23.2. The van der Waals surface area contributed by atoms with E-state index < -0.39 is 102 Å². The molecule has 0 saturated heterocycles. The summed E-state index contributed by atoms with van der Waals surface area (Å²) in [5.74, 6) is -1.57. The van der Waals surface area contributed by atoms with Gasteiger partial charge in [0, 0.05) is 12.8 Å². The van der Waals surface area contributed by atoms with Crippen LogP contribution in [-0.4, -0.2) is 137 Å². The van der Waals surface area contributed by atoms with Crippen LogP contribution in [0.2, 0.25) is 0 Å². The Labute approximate surface area is 413 Å². The predicted molar refractivity (Wildman–Crippen MR) is 263 cm³/mol. The van der Waals surface area contributed by atoms with E-state index >= 15 is 0 Å². The van der Waals surface area contributed by atoms with Gasteiger partial charge < -0.3 is 59.9 Å². The summed E-state index contributed by atoms with van der Waals surface area (Å²) in [5, 5.41) is 71.8. The first-order valence-electron chi connectivity index (χ1n) is 24.1. The second-order valence-corrected chi connectivity index (χ2v) is 19.3. The van der Waals surface area contributed by atoms with E-state index in [1.54, 1.807) is 36.5 Å². The fourth-order valence-electron chi connectivity index (χ4n) is 6.61. The van der Waals surface area contributed by atoms with Crippen LogP contribution in [-0.2, 0) is 41.8 Å². The number of ether oxygens (including phenoxy) is 2. The molecule has 21 heteroatoms. The van der Waals surface area contributed by atoms with E-state index in [9.17, 15) is 69.1 Å². The first kappa shape index (κ1) is 64.8. The van der Waals surface area contributed by atoms with Crippen molar-refractivity contribution in [3.63, 3.8) is 0 Å². The second kappa shape index (κ2) is 38.4. The largest absolute Gasteiger partial charge is 0.472 e. The summed E-state index contributed by atoms with van der Waals surface area (Å²) in [6.45, 7) is 2.57. The molecule has 400 valence electrons. The van der Waals surface area contributed by atoms with Gasteiger partial charge in [-0.2, -0.15) is 0 Å². The molecular weight excluding hydrogens is 954 g/mol. The molecule has 1 rings (SSSR count). The molecule has 0 bridgehead atoms. The maximum atomic E-state index is 13.0. The quantitative estimate of drug-likeness (QED) is 0.0110. The van der Waals surface area contributed by atoms with Gasteiger partial charge in [-0.25, -0.2) is 9.13 Å². The lowest BCUT2D eigenvalue weighted by molar-refractivity contribution is -0.216. The van der Waals surface area contributed by atoms with Gasteiger partial charge in [0.25, 0.3) is 0 Å². The number of rotatable bonds is 38. The van der Waals surface area contributed by atoms with Gasteiger partial charge in [0.15, 0.2) is 6.10 Å². The number of aliphatic hydroxyl groups excluding tert-OH is 7. The minimum atomic E-state index is -5.41. The highest BCUT2D eigenvalue weighted by Crippen LogP contribution is 2.49. The second-order valence-electron chi connectivity index (χ2n) is 16.7. The minimum absolute atomic E-state index is 0.00695. The number of phosphoric ester groups is 2.